The van der Waals surface area contributed by atoms with Crippen molar-refractivity contribution in [1.29, 1.82) is 5.41 Å². The highest BCUT2D eigenvalue weighted by molar-refractivity contribution is 6.13. The molecular weight excluding hydrogens is 386 g/mol. The molecule has 0 amide bonds. The van der Waals surface area contributed by atoms with E-state index in [1.54, 1.807) is 18.6 Å². The normalized spacial score (nSPS) is 16.2. The Balaban J connectivity index is 1.74. The molecule has 0 aromatic carbocycles. The molecule has 1 unspecified atom stereocenters. The van der Waals surface area contributed by atoms with Gasteiger partial charge in [-0.15, -0.1) is 0 Å². The zero-order valence-corrected chi connectivity index (χ0v) is 17.7. The molecule has 5 N–H and O–H groups in total. The van der Waals surface area contributed by atoms with Crippen LogP contribution in [0.2, 0.25) is 0 Å². The van der Waals surface area contributed by atoms with Gasteiger partial charge in [-0.3, -0.25) is 15.4 Å². The number of piperidine rings is 1. The van der Waals surface area contributed by atoms with Crippen molar-refractivity contribution < 1.29 is 0 Å². The molecule has 4 heterocycles. The largest absolute Gasteiger partial charge is 0.397 e. The van der Waals surface area contributed by atoms with E-state index in [0.29, 0.717) is 22.6 Å². The molecule has 3 aromatic heterocycles. The summed E-state index contributed by atoms with van der Waals surface area (Å²) < 4.78 is 0. The third kappa shape index (κ3) is 4.32. The Bertz CT molecular complexity index is 1120. The lowest BCUT2D eigenvalue weighted by Crippen LogP contribution is -2.43. The van der Waals surface area contributed by atoms with E-state index in [1.165, 1.54) is 0 Å². The molecular formula is C24H27N7. The Morgan fingerprint density at radius 1 is 1.23 bits per heavy atom. The number of nitrogens with zero attached hydrogens (tertiary/aromatic N) is 4. The van der Waals surface area contributed by atoms with Crippen molar-refractivity contribution in [3.05, 3.63) is 72.3 Å². The summed E-state index contributed by atoms with van der Waals surface area (Å²) in [6, 6.07) is 9.55. The topological polar surface area (TPSA) is 118 Å². The molecule has 3 aromatic rings. The van der Waals surface area contributed by atoms with E-state index in [4.69, 9.17) is 21.9 Å². The van der Waals surface area contributed by atoms with Crippen LogP contribution in [0.1, 0.15) is 36.6 Å². The van der Waals surface area contributed by atoms with Crippen LogP contribution >= 0.6 is 0 Å². The van der Waals surface area contributed by atoms with Crippen molar-refractivity contribution >= 4 is 22.8 Å². The van der Waals surface area contributed by atoms with Gasteiger partial charge in [0, 0.05) is 48.2 Å². The van der Waals surface area contributed by atoms with Gasteiger partial charge in [0.1, 0.15) is 5.82 Å². The lowest BCUT2D eigenvalue weighted by atomic mass is 10.0. The fraction of sp³-hybridized carbons (Fsp3) is 0.250. The quantitative estimate of drug-likeness (QED) is 0.551. The first-order valence-corrected chi connectivity index (χ1v) is 10.4. The number of rotatable bonds is 5. The third-order valence-electron chi connectivity index (χ3n) is 5.51. The van der Waals surface area contributed by atoms with Crippen molar-refractivity contribution in [3.63, 3.8) is 0 Å². The summed E-state index contributed by atoms with van der Waals surface area (Å²) in [5.41, 5.74) is 17.7. The first-order chi connectivity index (χ1) is 14.9. The number of pyridine rings is 3. The lowest BCUT2D eigenvalue weighted by molar-refractivity contribution is 0.503. The zero-order valence-electron chi connectivity index (χ0n) is 17.7. The molecule has 4 rings (SSSR count). The van der Waals surface area contributed by atoms with Gasteiger partial charge in [-0.2, -0.15) is 0 Å². The fourth-order valence-electron chi connectivity index (χ4n) is 3.86. The van der Waals surface area contributed by atoms with E-state index in [1.807, 2.05) is 37.3 Å². The summed E-state index contributed by atoms with van der Waals surface area (Å²) in [6.07, 6.45) is 7.07. The van der Waals surface area contributed by atoms with Crippen molar-refractivity contribution in [2.24, 2.45) is 5.73 Å². The Morgan fingerprint density at radius 3 is 2.77 bits per heavy atom. The molecule has 0 bridgehead atoms. The van der Waals surface area contributed by atoms with E-state index in [0.717, 1.165) is 48.4 Å². The first-order valence-electron chi connectivity index (χ1n) is 10.4. The number of allylic oxidation sites excluding steroid dienone is 1. The van der Waals surface area contributed by atoms with Crippen LogP contribution < -0.4 is 16.4 Å². The molecule has 158 valence electrons. The third-order valence-corrected chi connectivity index (χ3v) is 5.51. The zero-order chi connectivity index (χ0) is 22.0. The number of aromatic nitrogens is 3. The molecule has 0 spiro atoms. The second kappa shape index (κ2) is 8.65. The Hall–Kier alpha value is -3.58. The SMILES string of the molecule is C=C(C)c1ccc(C(=N)c2cc(-c3cccnc3)ncc2N)nc1N1CCCC(N)C1. The monoisotopic (exact) mass is 413 g/mol. The fourth-order valence-corrected chi connectivity index (χ4v) is 3.86. The van der Waals surface area contributed by atoms with Gasteiger partial charge in [-0.1, -0.05) is 6.58 Å². The molecule has 0 aliphatic carbocycles. The summed E-state index contributed by atoms with van der Waals surface area (Å²) in [5, 5.41) is 8.85. The molecule has 0 radical (unpaired) electrons. The molecule has 0 saturated carbocycles. The highest BCUT2D eigenvalue weighted by atomic mass is 15.2. The molecule has 1 saturated heterocycles. The average Bonchev–Trinajstić information content (AvgIpc) is 2.79. The first kappa shape index (κ1) is 20.7. The number of nitrogen functional groups attached to an aromatic ring is 1. The van der Waals surface area contributed by atoms with Crippen LogP contribution in [0.5, 0.6) is 0 Å². The number of nitrogens with two attached hydrogens (primary N) is 2. The number of nitrogens with one attached hydrogen (secondary N) is 1. The smallest absolute Gasteiger partial charge is 0.136 e. The minimum Gasteiger partial charge on any atom is -0.397 e. The Kier molecular flexibility index (Phi) is 5.77. The van der Waals surface area contributed by atoms with E-state index >= 15 is 0 Å². The van der Waals surface area contributed by atoms with Gasteiger partial charge in [-0.05, 0) is 55.7 Å². The number of hydrogen-bond donors (Lipinski definition) is 3. The molecule has 7 nitrogen and oxygen atoms in total. The second-order valence-corrected chi connectivity index (χ2v) is 7.97. The molecule has 1 fully saturated rings. The average molecular weight is 414 g/mol. The van der Waals surface area contributed by atoms with E-state index < -0.39 is 0 Å². The highest BCUT2D eigenvalue weighted by Gasteiger charge is 2.22. The van der Waals surface area contributed by atoms with Gasteiger partial charge in [0.2, 0.25) is 0 Å². The minimum absolute atomic E-state index is 0.120. The summed E-state index contributed by atoms with van der Waals surface area (Å²) >= 11 is 0. The molecule has 1 aliphatic rings. The minimum atomic E-state index is 0.120. The van der Waals surface area contributed by atoms with Gasteiger partial charge < -0.3 is 16.4 Å². The van der Waals surface area contributed by atoms with Gasteiger partial charge in [-0.25, -0.2) is 4.98 Å². The van der Waals surface area contributed by atoms with Gasteiger partial charge >= 0.3 is 0 Å². The van der Waals surface area contributed by atoms with Crippen LogP contribution in [0.3, 0.4) is 0 Å². The lowest BCUT2D eigenvalue weighted by Gasteiger charge is -2.33. The Morgan fingerprint density at radius 2 is 2.06 bits per heavy atom. The van der Waals surface area contributed by atoms with Crippen LogP contribution in [-0.2, 0) is 0 Å². The summed E-state index contributed by atoms with van der Waals surface area (Å²) in [7, 11) is 0. The van der Waals surface area contributed by atoms with Gasteiger partial charge in [0.15, 0.2) is 0 Å². The van der Waals surface area contributed by atoms with E-state index in [2.05, 4.69) is 21.4 Å². The Labute approximate surface area is 182 Å². The predicted molar refractivity (Wildman–Crippen MR) is 126 cm³/mol. The molecule has 31 heavy (non-hydrogen) atoms. The molecule has 7 heteroatoms. The van der Waals surface area contributed by atoms with Crippen molar-refractivity contribution in [1.82, 2.24) is 15.0 Å². The van der Waals surface area contributed by atoms with Crippen LogP contribution in [0.15, 0.2) is 55.5 Å². The standard InChI is InChI=1S/C24H27N7/c1-15(2)18-7-8-21(30-24(18)31-10-4-6-17(25)14-31)23(27)19-11-22(29-13-20(19)26)16-5-3-9-28-12-16/h3,5,7-9,11-13,17,27H,1,4,6,10,14,25-26H2,2H3. The van der Waals surface area contributed by atoms with Crippen LogP contribution in [0, 0.1) is 5.41 Å². The van der Waals surface area contributed by atoms with Crippen molar-refractivity contribution in [3.8, 4) is 11.3 Å². The van der Waals surface area contributed by atoms with Crippen molar-refractivity contribution in [2.75, 3.05) is 23.7 Å². The maximum absolute atomic E-state index is 8.85. The maximum atomic E-state index is 8.85. The van der Waals surface area contributed by atoms with Crippen LogP contribution in [0.25, 0.3) is 16.8 Å². The van der Waals surface area contributed by atoms with Crippen LogP contribution in [-0.4, -0.2) is 39.8 Å². The van der Waals surface area contributed by atoms with E-state index in [-0.39, 0.29) is 11.8 Å². The van der Waals surface area contributed by atoms with E-state index in [9.17, 15) is 0 Å². The molecule has 1 aliphatic heterocycles. The highest BCUT2D eigenvalue weighted by Crippen LogP contribution is 2.29. The van der Waals surface area contributed by atoms with Crippen molar-refractivity contribution in [2.45, 2.75) is 25.8 Å². The summed E-state index contributed by atoms with van der Waals surface area (Å²) in [5.74, 6) is 0.824. The maximum Gasteiger partial charge on any atom is 0.136 e. The van der Waals surface area contributed by atoms with Gasteiger partial charge in [0.05, 0.1) is 29.0 Å². The summed E-state index contributed by atoms with van der Waals surface area (Å²) in [6.45, 7) is 7.71. The predicted octanol–water partition coefficient (Wildman–Crippen LogP) is 3.50. The van der Waals surface area contributed by atoms with Gasteiger partial charge in [0.25, 0.3) is 0 Å². The second-order valence-electron chi connectivity index (χ2n) is 7.97. The number of anilines is 2. The number of hydrogen-bond acceptors (Lipinski definition) is 7. The van der Waals surface area contributed by atoms with Crippen LogP contribution in [0.4, 0.5) is 11.5 Å². The molecule has 1 atom stereocenters. The summed E-state index contributed by atoms with van der Waals surface area (Å²) in [4.78, 5) is 15.6.